The van der Waals surface area contributed by atoms with Crippen molar-refractivity contribution in [1.82, 2.24) is 4.98 Å². The molecular weight excluding hydrogens is 531 g/mol. The third-order valence-electron chi connectivity index (χ3n) is 8.08. The van der Waals surface area contributed by atoms with Crippen LogP contribution in [0, 0.1) is 0 Å². The lowest BCUT2D eigenvalue weighted by Crippen LogP contribution is -2.01. The molecule has 7 aromatic carbocycles. The van der Waals surface area contributed by atoms with Crippen molar-refractivity contribution in [3.63, 3.8) is 0 Å². The molecule has 0 radical (unpaired) electrons. The van der Waals surface area contributed by atoms with E-state index in [1.165, 1.54) is 26.9 Å². The van der Waals surface area contributed by atoms with Crippen LogP contribution in [0.25, 0.3) is 65.6 Å². The van der Waals surface area contributed by atoms with Crippen LogP contribution in [-0.4, -0.2) is 9.54 Å². The first-order chi connectivity index (χ1) is 20.8. The van der Waals surface area contributed by atoms with Crippen molar-refractivity contribution in [3.8, 4) is 22.4 Å². The maximum Gasteiger partial charge on any atom is 0.158 e. The molecule has 3 heteroatoms. The molecule has 0 N–H and O–H groups in total. The number of rotatable bonds is 4. The fourth-order valence-electron chi connectivity index (χ4n) is 6.09. The molecule has 2 nitrogen and oxygen atoms in total. The number of aromatic nitrogens is 1. The van der Waals surface area contributed by atoms with Gasteiger partial charge in [-0.15, -0.1) is 0 Å². The predicted octanol–water partition coefficient (Wildman–Crippen LogP) is 10.2. The van der Waals surface area contributed by atoms with Gasteiger partial charge in [-0.2, -0.15) is 0 Å². The summed E-state index contributed by atoms with van der Waals surface area (Å²) < 4.78 is 13.1. The molecule has 0 spiro atoms. The first-order valence-electron chi connectivity index (χ1n) is 14.1. The molecule has 0 saturated carbocycles. The Morgan fingerprint density at radius 2 is 0.929 bits per heavy atom. The zero-order valence-corrected chi connectivity index (χ0v) is 23.5. The monoisotopic (exact) mass is 555 g/mol. The van der Waals surface area contributed by atoms with Gasteiger partial charge in [-0.3, -0.25) is 0 Å². The summed E-state index contributed by atoms with van der Waals surface area (Å²) in [5.74, 6) is 0. The van der Waals surface area contributed by atoms with Gasteiger partial charge in [-0.05, 0) is 75.1 Å². The molecule has 0 aliphatic carbocycles. The Labute approximate surface area is 247 Å². The number of pyridine rings is 1. The lowest BCUT2D eigenvalue weighted by atomic mass is 9.91. The number of nitrogens with zero attached hydrogens (tertiary/aromatic N) is 1. The molecule has 42 heavy (non-hydrogen) atoms. The summed E-state index contributed by atoms with van der Waals surface area (Å²) in [6, 6.07) is 52.1. The highest BCUT2D eigenvalue weighted by molar-refractivity contribution is 7.91. The fraction of sp³-hybridized carbons (Fsp3) is 0. The van der Waals surface area contributed by atoms with Crippen LogP contribution in [0.3, 0.4) is 0 Å². The van der Waals surface area contributed by atoms with Gasteiger partial charge in [0, 0.05) is 32.9 Å². The van der Waals surface area contributed by atoms with Crippen LogP contribution in [0.15, 0.2) is 161 Å². The van der Waals surface area contributed by atoms with Gasteiger partial charge in [0.05, 0.1) is 11.2 Å². The van der Waals surface area contributed by atoms with E-state index in [-0.39, 0.29) is 0 Å². The Bertz CT molecular complexity index is 2240. The molecule has 1 heterocycles. The van der Waals surface area contributed by atoms with Gasteiger partial charge in [-0.25, -0.2) is 4.98 Å². The van der Waals surface area contributed by atoms with Gasteiger partial charge in [0.1, 0.15) is 0 Å². The Hall–Kier alpha value is -4.96. The quantitative estimate of drug-likeness (QED) is 0.160. The Kier molecular flexibility index (Phi) is 5.99. The average Bonchev–Trinajstić information content (AvgIpc) is 3.08. The number of benzene rings is 7. The van der Waals surface area contributed by atoms with E-state index in [4.69, 9.17) is 4.98 Å². The summed E-state index contributed by atoms with van der Waals surface area (Å²) in [4.78, 5) is 7.02. The fourth-order valence-corrected chi connectivity index (χ4v) is 7.15. The van der Waals surface area contributed by atoms with Crippen molar-refractivity contribution in [3.05, 3.63) is 152 Å². The maximum atomic E-state index is 13.1. The summed E-state index contributed by atoms with van der Waals surface area (Å²) >= 11 is -1.21. The lowest BCUT2D eigenvalue weighted by Gasteiger charge is -2.16. The van der Waals surface area contributed by atoms with Crippen LogP contribution in [0.4, 0.5) is 0 Å². The maximum absolute atomic E-state index is 13.1. The molecule has 0 aliphatic rings. The van der Waals surface area contributed by atoms with Crippen molar-refractivity contribution in [2.45, 2.75) is 9.79 Å². The van der Waals surface area contributed by atoms with Gasteiger partial charge in [0.15, 0.2) is 9.79 Å². The van der Waals surface area contributed by atoms with Crippen molar-refractivity contribution in [2.24, 2.45) is 0 Å². The van der Waals surface area contributed by atoms with Crippen LogP contribution >= 0.6 is 0 Å². The van der Waals surface area contributed by atoms with Gasteiger partial charge < -0.3 is 4.55 Å². The highest BCUT2D eigenvalue weighted by Crippen LogP contribution is 2.42. The van der Waals surface area contributed by atoms with E-state index >= 15 is 0 Å². The third-order valence-corrected chi connectivity index (χ3v) is 9.48. The van der Waals surface area contributed by atoms with Gasteiger partial charge >= 0.3 is 0 Å². The summed E-state index contributed by atoms with van der Waals surface area (Å²) in [7, 11) is 0. The standard InChI is InChI=1S/C39H25NOS/c41-42(29-13-5-2-6-14-29)30-22-19-26(20-23-30)28-21-24-34-36(25-28)38(27-11-3-1-4-12-27)40-39-35-18-10-8-16-32(35)31-15-7-9-17-33(31)37(34)39/h1-25H. The average molecular weight is 556 g/mol. The van der Waals surface area contributed by atoms with Crippen molar-refractivity contribution >= 4 is 54.4 Å². The van der Waals surface area contributed by atoms with Crippen LogP contribution < -0.4 is 0 Å². The molecule has 1 unspecified atom stereocenters. The van der Waals surface area contributed by atoms with E-state index in [2.05, 4.69) is 103 Å². The highest BCUT2D eigenvalue weighted by Gasteiger charge is 2.18. The third kappa shape index (κ3) is 4.06. The molecule has 8 rings (SSSR count). The molecular formula is C39H25NOS. The van der Waals surface area contributed by atoms with E-state index in [9.17, 15) is 4.55 Å². The minimum atomic E-state index is -1.21. The second-order valence-corrected chi connectivity index (χ2v) is 12.0. The topological polar surface area (TPSA) is 36.0 Å². The molecule has 0 fully saturated rings. The normalized spacial score (nSPS) is 12.3. The molecule has 0 aliphatic heterocycles. The predicted molar refractivity (Wildman–Crippen MR) is 176 cm³/mol. The van der Waals surface area contributed by atoms with E-state index in [1.807, 2.05) is 48.5 Å². The smallest absolute Gasteiger partial charge is 0.158 e. The van der Waals surface area contributed by atoms with Gasteiger partial charge in [-0.1, -0.05) is 109 Å². The largest absolute Gasteiger partial charge is 0.606 e. The summed E-state index contributed by atoms with van der Waals surface area (Å²) in [5, 5.41) is 8.31. The van der Waals surface area contributed by atoms with Crippen molar-refractivity contribution < 1.29 is 4.55 Å². The summed E-state index contributed by atoms with van der Waals surface area (Å²) in [5.41, 5.74) is 5.27. The molecule has 198 valence electrons. The summed E-state index contributed by atoms with van der Waals surface area (Å²) in [6.45, 7) is 0. The summed E-state index contributed by atoms with van der Waals surface area (Å²) in [6.07, 6.45) is 0. The van der Waals surface area contributed by atoms with Crippen LogP contribution in [0.1, 0.15) is 0 Å². The zero-order valence-electron chi connectivity index (χ0n) is 22.7. The number of hydrogen-bond acceptors (Lipinski definition) is 2. The van der Waals surface area contributed by atoms with E-state index in [1.54, 1.807) is 0 Å². The molecule has 1 aromatic heterocycles. The molecule has 1 atom stereocenters. The van der Waals surface area contributed by atoms with Gasteiger partial charge in [0.25, 0.3) is 0 Å². The molecule has 0 saturated heterocycles. The Morgan fingerprint density at radius 3 is 1.64 bits per heavy atom. The molecule has 0 amide bonds. The first-order valence-corrected chi connectivity index (χ1v) is 15.2. The van der Waals surface area contributed by atoms with E-state index < -0.39 is 11.2 Å². The minimum absolute atomic E-state index is 0.793. The Balaban J connectivity index is 1.37. The SMILES string of the molecule is [O-][S+](c1ccccc1)c1ccc(-c2ccc3c(c2)c(-c2ccccc2)nc2c4ccccc4c4ccccc4c32)cc1. The van der Waals surface area contributed by atoms with Crippen molar-refractivity contribution in [2.75, 3.05) is 0 Å². The second kappa shape index (κ2) is 10.1. The highest BCUT2D eigenvalue weighted by atomic mass is 32.2. The van der Waals surface area contributed by atoms with E-state index in [0.29, 0.717) is 0 Å². The minimum Gasteiger partial charge on any atom is -0.606 e. The van der Waals surface area contributed by atoms with Crippen LogP contribution in [0.5, 0.6) is 0 Å². The Morgan fingerprint density at radius 1 is 0.405 bits per heavy atom. The number of hydrogen-bond donors (Lipinski definition) is 0. The molecule has 0 bridgehead atoms. The van der Waals surface area contributed by atoms with Crippen molar-refractivity contribution in [1.29, 1.82) is 0 Å². The van der Waals surface area contributed by atoms with Crippen LogP contribution in [0.2, 0.25) is 0 Å². The zero-order chi connectivity index (χ0) is 28.0. The lowest BCUT2D eigenvalue weighted by molar-refractivity contribution is 0.595. The van der Waals surface area contributed by atoms with Crippen LogP contribution in [-0.2, 0) is 11.2 Å². The second-order valence-electron chi connectivity index (χ2n) is 10.5. The molecule has 8 aromatic rings. The van der Waals surface area contributed by atoms with Gasteiger partial charge in [0.2, 0.25) is 0 Å². The van der Waals surface area contributed by atoms with E-state index in [0.717, 1.165) is 48.5 Å². The number of fused-ring (bicyclic) bond motifs is 8. The first kappa shape index (κ1) is 24.8.